The quantitative estimate of drug-likeness (QED) is 0.785. The van der Waals surface area contributed by atoms with Crippen molar-refractivity contribution in [2.75, 3.05) is 14.2 Å². The molecule has 2 heteroatoms. The smallest absolute Gasteiger partial charge is 0.119 e. The second kappa shape index (κ2) is 6.04. The van der Waals surface area contributed by atoms with Gasteiger partial charge in [0.25, 0.3) is 0 Å². The molecule has 0 aromatic heterocycles. The highest BCUT2D eigenvalue weighted by molar-refractivity contribution is 5.75. The van der Waals surface area contributed by atoms with Gasteiger partial charge in [-0.15, -0.1) is 0 Å². The summed E-state index contributed by atoms with van der Waals surface area (Å²) in [4.78, 5) is 0. The Hall–Kier alpha value is -2.22. The topological polar surface area (TPSA) is 18.5 Å². The summed E-state index contributed by atoms with van der Waals surface area (Å²) in [6.07, 6.45) is 3.98. The van der Waals surface area contributed by atoms with Crippen LogP contribution in [0.5, 0.6) is 5.75 Å². The molecule has 1 aliphatic rings. The number of methoxy groups -OCH3 is 2. The van der Waals surface area contributed by atoms with Gasteiger partial charge in [-0.2, -0.15) is 0 Å². The number of ether oxygens (including phenoxy) is 2. The summed E-state index contributed by atoms with van der Waals surface area (Å²) in [7, 11) is 3.42. The molecule has 0 amide bonds. The minimum Gasteiger partial charge on any atom is -0.504 e. The summed E-state index contributed by atoms with van der Waals surface area (Å²) >= 11 is 0. The molecule has 0 bridgehead atoms. The Morgan fingerprint density at radius 2 is 1.90 bits per heavy atom. The van der Waals surface area contributed by atoms with Crippen molar-refractivity contribution in [1.29, 1.82) is 0 Å². The Bertz CT molecular complexity index is 644. The fourth-order valence-corrected chi connectivity index (χ4v) is 3.09. The van der Waals surface area contributed by atoms with Gasteiger partial charge in [-0.3, -0.25) is 0 Å². The lowest BCUT2D eigenvalue weighted by Crippen LogP contribution is -2.03. The van der Waals surface area contributed by atoms with E-state index in [0.29, 0.717) is 5.92 Å². The predicted molar refractivity (Wildman–Crippen MR) is 85.3 cm³/mol. The Morgan fingerprint density at radius 1 is 1.10 bits per heavy atom. The molecule has 1 aliphatic carbocycles. The highest BCUT2D eigenvalue weighted by atomic mass is 16.5. The van der Waals surface area contributed by atoms with Crippen molar-refractivity contribution < 1.29 is 9.47 Å². The molecule has 0 N–H and O–H groups in total. The van der Waals surface area contributed by atoms with Gasteiger partial charge in [0.1, 0.15) is 5.75 Å². The summed E-state index contributed by atoms with van der Waals surface area (Å²) in [5.41, 5.74) is 5.27. The lowest BCUT2D eigenvalue weighted by molar-refractivity contribution is 0.337. The molecule has 1 unspecified atom stereocenters. The van der Waals surface area contributed by atoms with E-state index in [9.17, 15) is 0 Å². The number of hydrogen-bond donors (Lipinski definition) is 0. The van der Waals surface area contributed by atoms with Gasteiger partial charge in [-0.05, 0) is 53.2 Å². The van der Waals surface area contributed by atoms with E-state index in [0.717, 1.165) is 18.6 Å². The first-order valence-corrected chi connectivity index (χ1v) is 7.26. The molecule has 0 saturated carbocycles. The van der Waals surface area contributed by atoms with Gasteiger partial charge < -0.3 is 9.47 Å². The van der Waals surface area contributed by atoms with Gasteiger partial charge in [-0.25, -0.2) is 0 Å². The van der Waals surface area contributed by atoms with Crippen molar-refractivity contribution in [1.82, 2.24) is 0 Å². The second-order valence-corrected chi connectivity index (χ2v) is 5.42. The SMILES string of the molecule is CO/C=C1\c2cc(OC)ccc2CC1Cc1ccccc1. The Balaban J connectivity index is 1.92. The molecule has 2 aromatic carbocycles. The average Bonchev–Trinajstić information content (AvgIpc) is 2.85. The molecule has 0 fully saturated rings. The van der Waals surface area contributed by atoms with Crippen LogP contribution in [0.1, 0.15) is 16.7 Å². The molecule has 21 heavy (non-hydrogen) atoms. The van der Waals surface area contributed by atoms with Crippen molar-refractivity contribution in [3.8, 4) is 5.75 Å². The van der Waals surface area contributed by atoms with Gasteiger partial charge in [-0.1, -0.05) is 36.4 Å². The van der Waals surface area contributed by atoms with Crippen LogP contribution in [0.15, 0.2) is 54.8 Å². The second-order valence-electron chi connectivity index (χ2n) is 5.42. The molecule has 0 radical (unpaired) electrons. The van der Waals surface area contributed by atoms with Crippen molar-refractivity contribution in [3.05, 3.63) is 71.5 Å². The molecule has 3 rings (SSSR count). The normalized spacial score (nSPS) is 18.6. The van der Waals surface area contributed by atoms with E-state index >= 15 is 0 Å². The molecule has 0 heterocycles. The summed E-state index contributed by atoms with van der Waals surface area (Å²) in [6.45, 7) is 0. The summed E-state index contributed by atoms with van der Waals surface area (Å²) in [6, 6.07) is 17.0. The molecule has 0 saturated heterocycles. The summed E-state index contributed by atoms with van der Waals surface area (Å²) in [5.74, 6) is 1.37. The molecule has 0 spiro atoms. The molecular formula is C19H20O2. The van der Waals surface area contributed by atoms with Crippen LogP contribution in [0.25, 0.3) is 5.57 Å². The van der Waals surface area contributed by atoms with Crippen LogP contribution in [0.4, 0.5) is 0 Å². The standard InChI is InChI=1S/C19H20O2/c1-20-13-19-16(10-14-6-4-3-5-7-14)11-15-8-9-17(21-2)12-18(15)19/h3-9,12-13,16H,10-11H2,1-2H3/b19-13-. The maximum Gasteiger partial charge on any atom is 0.119 e. The molecule has 1 atom stereocenters. The van der Waals surface area contributed by atoms with Gasteiger partial charge in [0.15, 0.2) is 0 Å². The zero-order valence-corrected chi connectivity index (χ0v) is 12.5. The monoisotopic (exact) mass is 280 g/mol. The Labute approximate surface area is 126 Å². The van der Waals surface area contributed by atoms with Crippen LogP contribution < -0.4 is 4.74 Å². The zero-order chi connectivity index (χ0) is 14.7. The highest BCUT2D eigenvalue weighted by Gasteiger charge is 2.27. The number of fused-ring (bicyclic) bond motifs is 1. The van der Waals surface area contributed by atoms with Crippen LogP contribution in [0.3, 0.4) is 0 Å². The third-order valence-corrected chi connectivity index (χ3v) is 4.10. The first-order chi connectivity index (χ1) is 10.3. The van der Waals surface area contributed by atoms with E-state index in [1.807, 2.05) is 12.3 Å². The van der Waals surface area contributed by atoms with E-state index < -0.39 is 0 Å². The van der Waals surface area contributed by atoms with Crippen LogP contribution in [-0.2, 0) is 17.6 Å². The van der Waals surface area contributed by atoms with Gasteiger partial charge in [0, 0.05) is 0 Å². The van der Waals surface area contributed by atoms with Crippen LogP contribution in [0, 0.1) is 5.92 Å². The van der Waals surface area contributed by atoms with E-state index in [1.54, 1.807) is 14.2 Å². The van der Waals surface area contributed by atoms with E-state index in [4.69, 9.17) is 9.47 Å². The lowest BCUT2D eigenvalue weighted by Gasteiger charge is -2.12. The number of hydrogen-bond acceptors (Lipinski definition) is 2. The molecule has 108 valence electrons. The van der Waals surface area contributed by atoms with Crippen LogP contribution in [0.2, 0.25) is 0 Å². The molecular weight excluding hydrogens is 260 g/mol. The zero-order valence-electron chi connectivity index (χ0n) is 12.5. The third-order valence-electron chi connectivity index (χ3n) is 4.10. The van der Waals surface area contributed by atoms with Crippen molar-refractivity contribution in [2.24, 2.45) is 5.92 Å². The van der Waals surface area contributed by atoms with E-state index in [-0.39, 0.29) is 0 Å². The van der Waals surface area contributed by atoms with Crippen molar-refractivity contribution in [3.63, 3.8) is 0 Å². The van der Waals surface area contributed by atoms with Crippen molar-refractivity contribution in [2.45, 2.75) is 12.8 Å². The maximum atomic E-state index is 5.35. The third kappa shape index (κ3) is 2.80. The van der Waals surface area contributed by atoms with Crippen LogP contribution in [-0.4, -0.2) is 14.2 Å². The summed E-state index contributed by atoms with van der Waals surface area (Å²) < 4.78 is 10.7. The fourth-order valence-electron chi connectivity index (χ4n) is 3.09. The summed E-state index contributed by atoms with van der Waals surface area (Å²) in [5, 5.41) is 0. The predicted octanol–water partition coefficient (Wildman–Crippen LogP) is 4.10. The van der Waals surface area contributed by atoms with Gasteiger partial charge in [0.2, 0.25) is 0 Å². The van der Waals surface area contributed by atoms with Crippen LogP contribution >= 0.6 is 0 Å². The molecule has 2 nitrogen and oxygen atoms in total. The first kappa shape index (κ1) is 13.7. The minimum atomic E-state index is 0.467. The molecule has 2 aromatic rings. The molecule has 0 aliphatic heterocycles. The number of allylic oxidation sites excluding steroid dienone is 1. The lowest BCUT2D eigenvalue weighted by atomic mass is 9.93. The largest absolute Gasteiger partial charge is 0.504 e. The van der Waals surface area contributed by atoms with E-state index in [2.05, 4.69) is 42.5 Å². The fraction of sp³-hybridized carbons (Fsp3) is 0.263. The van der Waals surface area contributed by atoms with Crippen molar-refractivity contribution >= 4 is 5.57 Å². The van der Waals surface area contributed by atoms with Gasteiger partial charge in [0.05, 0.1) is 20.5 Å². The number of benzene rings is 2. The van der Waals surface area contributed by atoms with Gasteiger partial charge >= 0.3 is 0 Å². The Morgan fingerprint density at radius 3 is 2.62 bits per heavy atom. The first-order valence-electron chi connectivity index (χ1n) is 7.26. The highest BCUT2D eigenvalue weighted by Crippen LogP contribution is 2.40. The average molecular weight is 280 g/mol. The number of rotatable bonds is 4. The Kier molecular flexibility index (Phi) is 3.96. The maximum absolute atomic E-state index is 5.35. The minimum absolute atomic E-state index is 0.467. The van der Waals surface area contributed by atoms with E-state index in [1.165, 1.54) is 22.3 Å².